The lowest BCUT2D eigenvalue weighted by Gasteiger charge is -2.60. The lowest BCUT2D eigenvalue weighted by atomic mass is 9.65. The van der Waals surface area contributed by atoms with Crippen LogP contribution in [0.3, 0.4) is 0 Å². The van der Waals surface area contributed by atoms with Crippen LogP contribution in [0, 0.1) is 0 Å². The van der Waals surface area contributed by atoms with Crippen LogP contribution in [0.4, 0.5) is 0 Å². The van der Waals surface area contributed by atoms with E-state index in [1.807, 2.05) is 0 Å². The second kappa shape index (κ2) is 6.32. The van der Waals surface area contributed by atoms with Gasteiger partial charge in [0, 0.05) is 17.6 Å². The molecule has 0 spiro atoms. The van der Waals surface area contributed by atoms with Crippen LogP contribution in [0.1, 0.15) is 27.7 Å². The average molecular weight is 479 g/mol. The first-order valence-corrected chi connectivity index (χ1v) is 9.56. The zero-order chi connectivity index (χ0) is 21.3. The van der Waals surface area contributed by atoms with E-state index in [1.54, 1.807) is 12.1 Å². The van der Waals surface area contributed by atoms with Crippen molar-refractivity contribution in [1.82, 2.24) is 4.98 Å². The number of carboxylic acid groups (broad SMARTS) is 1. The number of hydrogen-bond donors (Lipinski definition) is 5. The third-order valence-corrected chi connectivity index (χ3v) is 7.18. The number of carboxylic acids is 1. The molecular formula is C18H21BrClNO7. The molecule has 1 aromatic heterocycles. The quantitative estimate of drug-likeness (QED) is 0.458. The highest BCUT2D eigenvalue weighted by Crippen LogP contribution is 2.50. The van der Waals surface area contributed by atoms with Gasteiger partial charge in [0.15, 0.2) is 11.7 Å². The van der Waals surface area contributed by atoms with Gasteiger partial charge in [-0.1, -0.05) is 11.6 Å². The van der Waals surface area contributed by atoms with E-state index >= 15 is 0 Å². The van der Waals surface area contributed by atoms with Crippen molar-refractivity contribution in [3.05, 3.63) is 27.8 Å². The predicted octanol–water partition coefficient (Wildman–Crippen LogP) is 2.42. The maximum Gasteiger partial charge on any atom is 0.336 e. The molecule has 8 nitrogen and oxygen atoms in total. The van der Waals surface area contributed by atoms with E-state index in [1.165, 1.54) is 20.0 Å². The zero-order valence-corrected chi connectivity index (χ0v) is 17.9. The van der Waals surface area contributed by atoms with Crippen LogP contribution in [0.25, 0.3) is 10.9 Å². The van der Waals surface area contributed by atoms with Crippen LogP contribution in [0.15, 0.2) is 22.8 Å². The minimum atomic E-state index is -2.31. The Morgan fingerprint density at radius 2 is 1.82 bits per heavy atom. The molecule has 5 N–H and O–H groups in total. The number of ether oxygens (including phenoxy) is 2. The fourth-order valence-electron chi connectivity index (χ4n) is 3.48. The number of aromatic amines is 1. The molecule has 10 heteroatoms. The molecule has 0 radical (unpaired) electrons. The molecule has 0 unspecified atom stereocenters. The minimum absolute atomic E-state index is 0.172. The van der Waals surface area contributed by atoms with Crippen LogP contribution in [-0.2, 0) is 9.53 Å². The Bertz CT molecular complexity index is 955. The molecule has 5 atom stereocenters. The number of H-pyrrole nitrogens is 1. The second-order valence-corrected chi connectivity index (χ2v) is 8.85. The van der Waals surface area contributed by atoms with E-state index in [-0.39, 0.29) is 5.75 Å². The number of nitrogens with one attached hydrogen (secondary N) is 1. The van der Waals surface area contributed by atoms with Crippen LogP contribution in [0.2, 0.25) is 5.02 Å². The van der Waals surface area contributed by atoms with Gasteiger partial charge >= 0.3 is 5.97 Å². The molecule has 2 heterocycles. The topological polar surface area (TPSA) is 132 Å². The van der Waals surface area contributed by atoms with Gasteiger partial charge in [-0.3, -0.25) is 0 Å². The molecule has 154 valence electrons. The Morgan fingerprint density at radius 1 is 1.21 bits per heavy atom. The van der Waals surface area contributed by atoms with E-state index in [4.69, 9.17) is 21.1 Å². The maximum atomic E-state index is 11.7. The lowest BCUT2D eigenvalue weighted by Crippen LogP contribution is -2.82. The first kappa shape index (κ1) is 21.4. The van der Waals surface area contributed by atoms with E-state index in [0.717, 1.165) is 13.8 Å². The highest BCUT2D eigenvalue weighted by molar-refractivity contribution is 9.10. The summed E-state index contributed by atoms with van der Waals surface area (Å²) in [7, 11) is 0. The number of aromatic nitrogens is 1. The number of benzene rings is 1. The van der Waals surface area contributed by atoms with Crippen LogP contribution >= 0.6 is 27.5 Å². The van der Waals surface area contributed by atoms with Gasteiger partial charge in [-0.25, -0.2) is 4.79 Å². The Morgan fingerprint density at radius 3 is 2.39 bits per heavy atom. The number of aliphatic hydroxyl groups is 3. The number of hydrogen-bond acceptors (Lipinski definition) is 6. The van der Waals surface area contributed by atoms with Crippen LogP contribution < -0.4 is 4.74 Å². The predicted molar refractivity (Wildman–Crippen MR) is 104 cm³/mol. The van der Waals surface area contributed by atoms with Crippen molar-refractivity contribution in [1.29, 1.82) is 0 Å². The number of halogens is 2. The minimum Gasteiger partial charge on any atom is -0.479 e. The molecule has 1 aliphatic rings. The highest BCUT2D eigenvalue weighted by atomic mass is 79.9. The Kier molecular flexibility index (Phi) is 4.82. The number of fused-ring (bicyclic) bond motifs is 1. The fraction of sp³-hybridized carbons (Fsp3) is 0.500. The van der Waals surface area contributed by atoms with Gasteiger partial charge < -0.3 is 34.9 Å². The first-order valence-electron chi connectivity index (χ1n) is 8.39. The SMILES string of the molecule is C[C@@]1(Oc2c[nH]c3ccc(Br)c(Cl)c23)O[C@@H](C(=O)O)[C@@](C)(O)[C@@](C)(O)[C@]1(C)O. The summed E-state index contributed by atoms with van der Waals surface area (Å²) in [6, 6.07) is 3.49. The molecule has 0 bridgehead atoms. The van der Waals surface area contributed by atoms with Gasteiger partial charge in [0.25, 0.3) is 0 Å². The van der Waals surface area contributed by atoms with Crippen molar-refractivity contribution in [3.8, 4) is 5.75 Å². The smallest absolute Gasteiger partial charge is 0.336 e. The van der Waals surface area contributed by atoms with Gasteiger partial charge in [0.05, 0.1) is 15.9 Å². The summed E-state index contributed by atoms with van der Waals surface area (Å²) in [5.41, 5.74) is -6.22. The van der Waals surface area contributed by atoms with Gasteiger partial charge in [-0.15, -0.1) is 0 Å². The number of carbonyl (C=O) groups is 1. The molecule has 0 aliphatic carbocycles. The maximum absolute atomic E-state index is 11.7. The zero-order valence-electron chi connectivity index (χ0n) is 15.6. The van der Waals surface area contributed by atoms with Crippen molar-refractivity contribution in [2.45, 2.75) is 56.4 Å². The summed E-state index contributed by atoms with van der Waals surface area (Å²) in [4.78, 5) is 14.7. The number of rotatable bonds is 3. The standard InChI is InChI=1S/C18H21BrClNO7/c1-15(24)13(14(22)23)28-18(4,17(3,26)16(15,2)25)27-10-7-21-9-6-5-8(19)12(20)11(9)10/h5-7,13,21,24-26H,1-4H3,(H,22,23)/t13-,15+,16+,17-,18+/m0/s1. The summed E-state index contributed by atoms with van der Waals surface area (Å²) >= 11 is 9.68. The van der Waals surface area contributed by atoms with Crippen molar-refractivity contribution in [2.75, 3.05) is 0 Å². The normalized spacial score (nSPS) is 38.5. The van der Waals surface area contributed by atoms with Crippen LogP contribution in [-0.4, -0.2) is 60.1 Å². The van der Waals surface area contributed by atoms with Crippen LogP contribution in [0.5, 0.6) is 5.75 Å². The summed E-state index contributed by atoms with van der Waals surface area (Å²) in [6.45, 7) is 4.70. The van der Waals surface area contributed by atoms with E-state index in [0.29, 0.717) is 20.4 Å². The molecule has 1 aliphatic heterocycles. The van der Waals surface area contributed by atoms with Crippen molar-refractivity contribution < 1.29 is 34.7 Å². The van der Waals surface area contributed by atoms with Gasteiger partial charge in [0.1, 0.15) is 17.0 Å². The molecule has 1 saturated heterocycles. The Labute approximate surface area is 174 Å². The van der Waals surface area contributed by atoms with E-state index in [2.05, 4.69) is 20.9 Å². The van der Waals surface area contributed by atoms with E-state index in [9.17, 15) is 25.2 Å². The molecular weight excluding hydrogens is 458 g/mol. The van der Waals surface area contributed by atoms with E-state index < -0.39 is 34.7 Å². The molecule has 0 amide bonds. The van der Waals surface area contributed by atoms with Crippen molar-refractivity contribution in [2.24, 2.45) is 0 Å². The highest BCUT2D eigenvalue weighted by Gasteiger charge is 2.73. The third-order valence-electron chi connectivity index (χ3n) is 5.90. The van der Waals surface area contributed by atoms with Gasteiger partial charge in [-0.05, 0) is 48.8 Å². The largest absolute Gasteiger partial charge is 0.479 e. The third kappa shape index (κ3) is 2.68. The molecule has 2 aromatic rings. The van der Waals surface area contributed by atoms with Gasteiger partial charge in [0.2, 0.25) is 5.79 Å². The summed E-state index contributed by atoms with van der Waals surface area (Å²) in [5.74, 6) is -3.40. The molecule has 0 saturated carbocycles. The fourth-order valence-corrected chi connectivity index (χ4v) is 4.06. The first-order chi connectivity index (χ1) is 12.7. The second-order valence-electron chi connectivity index (χ2n) is 7.61. The Hall–Kier alpha value is -1.36. The Balaban J connectivity index is 2.15. The molecule has 3 rings (SSSR count). The van der Waals surface area contributed by atoms with Crippen molar-refractivity contribution >= 4 is 44.4 Å². The van der Waals surface area contributed by atoms with Crippen molar-refractivity contribution in [3.63, 3.8) is 0 Å². The summed E-state index contributed by atoms with van der Waals surface area (Å²) in [5, 5.41) is 43.1. The molecule has 28 heavy (non-hydrogen) atoms. The summed E-state index contributed by atoms with van der Waals surface area (Å²) < 4.78 is 12.1. The average Bonchev–Trinajstić information content (AvgIpc) is 2.97. The van der Waals surface area contributed by atoms with Gasteiger partial charge in [-0.2, -0.15) is 0 Å². The monoisotopic (exact) mass is 477 g/mol. The lowest BCUT2D eigenvalue weighted by molar-refractivity contribution is -0.407. The molecule has 1 aromatic carbocycles. The molecule has 1 fully saturated rings. The number of aliphatic carboxylic acids is 1. The summed E-state index contributed by atoms with van der Waals surface area (Å²) in [6.07, 6.45) is -0.398.